The SMILES string of the molecule is N#C[C@H](C(=O)C(=O)NCCCNC(=O)C(=O)[C@H](C#N)c1ccc(Cl)cc1)c1ccc(Cl)cc1. The zero-order chi connectivity index (χ0) is 24.4. The molecule has 0 bridgehead atoms. The summed E-state index contributed by atoms with van der Waals surface area (Å²) >= 11 is 11.6. The highest BCUT2D eigenvalue weighted by atomic mass is 35.5. The van der Waals surface area contributed by atoms with Crippen LogP contribution in [-0.4, -0.2) is 36.5 Å². The molecule has 2 rings (SSSR count). The Morgan fingerprint density at radius 3 is 1.33 bits per heavy atom. The van der Waals surface area contributed by atoms with Gasteiger partial charge in [-0.2, -0.15) is 10.5 Å². The molecule has 0 fully saturated rings. The zero-order valence-corrected chi connectivity index (χ0v) is 18.7. The van der Waals surface area contributed by atoms with Crippen molar-refractivity contribution in [3.05, 3.63) is 69.7 Å². The molecule has 0 saturated heterocycles. The molecule has 2 aromatic carbocycles. The molecular weight excluding hydrogens is 467 g/mol. The molecule has 0 radical (unpaired) electrons. The van der Waals surface area contributed by atoms with Gasteiger partial charge in [-0.3, -0.25) is 19.2 Å². The molecule has 0 aliphatic heterocycles. The minimum absolute atomic E-state index is 0.0245. The van der Waals surface area contributed by atoms with Crippen molar-refractivity contribution in [2.75, 3.05) is 13.1 Å². The minimum Gasteiger partial charge on any atom is -0.349 e. The summed E-state index contributed by atoms with van der Waals surface area (Å²) < 4.78 is 0. The Kier molecular flexibility index (Phi) is 9.56. The lowest BCUT2D eigenvalue weighted by atomic mass is 9.95. The standard InChI is InChI=1S/C23H18Cl2N4O4/c24-16-6-2-14(3-7-16)18(12-26)20(30)22(32)28-10-1-11-29-23(33)21(31)19(13-27)15-4-8-17(25)9-5-15/h2-9,18-19H,1,10-11H2,(H,28,32)(H,29,33)/t18-,19+. The van der Waals surface area contributed by atoms with Gasteiger partial charge in [0, 0.05) is 23.1 Å². The fourth-order valence-corrected chi connectivity index (χ4v) is 3.06. The Morgan fingerprint density at radius 1 is 0.697 bits per heavy atom. The molecule has 2 aromatic rings. The number of benzene rings is 2. The van der Waals surface area contributed by atoms with Crippen molar-refractivity contribution in [1.82, 2.24) is 10.6 Å². The summed E-state index contributed by atoms with van der Waals surface area (Å²) in [5, 5.41) is 24.1. The number of hydrogen-bond acceptors (Lipinski definition) is 6. The maximum absolute atomic E-state index is 12.3. The lowest BCUT2D eigenvalue weighted by Gasteiger charge is -2.11. The number of carbonyl (C=O) groups is 4. The molecule has 33 heavy (non-hydrogen) atoms. The predicted molar refractivity (Wildman–Crippen MR) is 120 cm³/mol. The Labute approximate surface area is 200 Å². The van der Waals surface area contributed by atoms with Gasteiger partial charge >= 0.3 is 0 Å². The number of nitrogens with zero attached hydrogens (tertiary/aromatic N) is 2. The number of halogens is 2. The van der Waals surface area contributed by atoms with Crippen molar-refractivity contribution < 1.29 is 19.2 Å². The summed E-state index contributed by atoms with van der Waals surface area (Å²) in [5.74, 6) is -6.25. The molecule has 2 N–H and O–H groups in total. The molecule has 0 unspecified atom stereocenters. The Bertz CT molecular complexity index is 1030. The first-order chi connectivity index (χ1) is 15.8. The van der Waals surface area contributed by atoms with Crippen molar-refractivity contribution in [2.45, 2.75) is 18.3 Å². The van der Waals surface area contributed by atoms with Crippen LogP contribution in [0.5, 0.6) is 0 Å². The first kappa shape index (κ1) is 25.5. The van der Waals surface area contributed by atoms with Crippen LogP contribution in [0, 0.1) is 22.7 Å². The average Bonchev–Trinajstić information content (AvgIpc) is 2.81. The first-order valence-electron chi connectivity index (χ1n) is 9.72. The van der Waals surface area contributed by atoms with Crippen LogP contribution in [0.4, 0.5) is 0 Å². The van der Waals surface area contributed by atoms with Crippen LogP contribution < -0.4 is 10.6 Å². The quantitative estimate of drug-likeness (QED) is 0.392. The topological polar surface area (TPSA) is 140 Å². The van der Waals surface area contributed by atoms with Crippen molar-refractivity contribution >= 4 is 46.6 Å². The number of Topliss-reactive ketones (excluding diaryl/α,β-unsaturated/α-hetero) is 2. The van der Waals surface area contributed by atoms with E-state index in [0.717, 1.165) is 0 Å². The maximum Gasteiger partial charge on any atom is 0.289 e. The molecular formula is C23H18Cl2N4O4. The van der Waals surface area contributed by atoms with Crippen LogP contribution in [0.1, 0.15) is 29.4 Å². The van der Waals surface area contributed by atoms with Crippen LogP contribution in [0.2, 0.25) is 10.0 Å². The summed E-state index contributed by atoms with van der Waals surface area (Å²) in [6.07, 6.45) is 0.217. The van der Waals surface area contributed by atoms with E-state index in [1.54, 1.807) is 12.1 Å². The van der Waals surface area contributed by atoms with Gasteiger partial charge in [-0.25, -0.2) is 0 Å². The van der Waals surface area contributed by atoms with E-state index in [1.807, 2.05) is 0 Å². The number of amides is 2. The van der Waals surface area contributed by atoms with Gasteiger partial charge in [0.2, 0.25) is 11.6 Å². The maximum atomic E-state index is 12.3. The average molecular weight is 485 g/mol. The fourth-order valence-electron chi connectivity index (χ4n) is 2.81. The van der Waals surface area contributed by atoms with Crippen molar-refractivity contribution in [2.24, 2.45) is 0 Å². The third-order valence-electron chi connectivity index (χ3n) is 4.56. The molecule has 0 aliphatic carbocycles. The molecule has 8 nitrogen and oxygen atoms in total. The Hall–Kier alpha value is -3.72. The molecule has 0 spiro atoms. The lowest BCUT2D eigenvalue weighted by molar-refractivity contribution is -0.138. The summed E-state index contributed by atoms with van der Waals surface area (Å²) in [6, 6.07) is 15.6. The summed E-state index contributed by atoms with van der Waals surface area (Å²) in [6.45, 7) is 0.0490. The zero-order valence-electron chi connectivity index (χ0n) is 17.2. The van der Waals surface area contributed by atoms with Crippen LogP contribution >= 0.6 is 23.2 Å². The Balaban J connectivity index is 1.79. The number of nitrogens with one attached hydrogen (secondary N) is 2. The van der Waals surface area contributed by atoms with E-state index in [1.165, 1.54) is 48.5 Å². The lowest BCUT2D eigenvalue weighted by Crippen LogP contribution is -2.38. The third-order valence-corrected chi connectivity index (χ3v) is 5.07. The highest BCUT2D eigenvalue weighted by molar-refractivity contribution is 6.39. The second-order valence-electron chi connectivity index (χ2n) is 6.82. The molecule has 2 amide bonds. The highest BCUT2D eigenvalue weighted by Crippen LogP contribution is 2.20. The van der Waals surface area contributed by atoms with Gasteiger partial charge in [0.05, 0.1) is 12.1 Å². The minimum atomic E-state index is -1.27. The van der Waals surface area contributed by atoms with Gasteiger partial charge in [-0.15, -0.1) is 0 Å². The van der Waals surface area contributed by atoms with Gasteiger partial charge in [0.25, 0.3) is 11.8 Å². The largest absolute Gasteiger partial charge is 0.349 e. The fraction of sp³-hybridized carbons (Fsp3) is 0.217. The monoisotopic (exact) mass is 484 g/mol. The van der Waals surface area contributed by atoms with E-state index in [-0.39, 0.29) is 19.5 Å². The molecule has 0 saturated carbocycles. The van der Waals surface area contributed by atoms with Crippen LogP contribution in [0.3, 0.4) is 0 Å². The van der Waals surface area contributed by atoms with Crippen molar-refractivity contribution in [3.63, 3.8) is 0 Å². The summed E-state index contributed by atoms with van der Waals surface area (Å²) in [5.41, 5.74) is 0.695. The van der Waals surface area contributed by atoms with E-state index in [9.17, 15) is 29.7 Å². The number of rotatable bonds is 10. The highest BCUT2D eigenvalue weighted by Gasteiger charge is 2.27. The molecule has 0 aliphatic rings. The number of ketones is 2. The van der Waals surface area contributed by atoms with Gasteiger partial charge in [-0.1, -0.05) is 47.5 Å². The van der Waals surface area contributed by atoms with E-state index >= 15 is 0 Å². The molecule has 10 heteroatoms. The third kappa shape index (κ3) is 7.15. The van der Waals surface area contributed by atoms with E-state index in [2.05, 4.69) is 10.6 Å². The van der Waals surface area contributed by atoms with E-state index in [0.29, 0.717) is 21.2 Å². The van der Waals surface area contributed by atoms with Gasteiger partial charge < -0.3 is 10.6 Å². The molecule has 0 aromatic heterocycles. The van der Waals surface area contributed by atoms with Gasteiger partial charge in [0.1, 0.15) is 11.8 Å². The molecule has 168 valence electrons. The van der Waals surface area contributed by atoms with Crippen LogP contribution in [0.15, 0.2) is 48.5 Å². The van der Waals surface area contributed by atoms with Crippen LogP contribution in [0.25, 0.3) is 0 Å². The second kappa shape index (κ2) is 12.4. The second-order valence-corrected chi connectivity index (χ2v) is 7.69. The predicted octanol–water partition coefficient (Wildman–Crippen LogP) is 2.67. The van der Waals surface area contributed by atoms with Gasteiger partial charge in [-0.05, 0) is 41.8 Å². The number of nitriles is 2. The first-order valence-corrected chi connectivity index (χ1v) is 10.5. The van der Waals surface area contributed by atoms with Gasteiger partial charge in [0.15, 0.2) is 0 Å². The number of carbonyl (C=O) groups excluding carboxylic acids is 4. The summed E-state index contributed by atoms with van der Waals surface area (Å²) in [7, 11) is 0. The number of hydrogen-bond donors (Lipinski definition) is 2. The summed E-state index contributed by atoms with van der Waals surface area (Å²) in [4.78, 5) is 48.7. The normalized spacial score (nSPS) is 11.9. The Morgan fingerprint density at radius 2 is 1.03 bits per heavy atom. The smallest absolute Gasteiger partial charge is 0.289 e. The van der Waals surface area contributed by atoms with E-state index in [4.69, 9.17) is 23.2 Å². The van der Waals surface area contributed by atoms with Crippen molar-refractivity contribution in [3.8, 4) is 12.1 Å². The van der Waals surface area contributed by atoms with Crippen LogP contribution in [-0.2, 0) is 19.2 Å². The molecule has 0 heterocycles. The molecule has 2 atom stereocenters. The van der Waals surface area contributed by atoms with E-state index < -0.39 is 35.2 Å². The van der Waals surface area contributed by atoms with Crippen molar-refractivity contribution in [1.29, 1.82) is 10.5 Å².